The maximum Gasteiger partial charge on any atom is 0.337 e. The van der Waals surface area contributed by atoms with Crippen molar-refractivity contribution in [1.82, 2.24) is 14.9 Å². The first-order valence-electron chi connectivity index (χ1n) is 8.30. The Balaban J connectivity index is 1.91. The second kappa shape index (κ2) is 6.73. The number of nitrogens with one attached hydrogen (secondary N) is 1. The van der Waals surface area contributed by atoms with Crippen molar-refractivity contribution in [3.05, 3.63) is 39.9 Å². The molecule has 6 nitrogen and oxygen atoms in total. The summed E-state index contributed by atoms with van der Waals surface area (Å²) in [6.07, 6.45) is 1.24. The van der Waals surface area contributed by atoms with Crippen LogP contribution >= 0.6 is 0 Å². The van der Waals surface area contributed by atoms with Crippen LogP contribution in [0.4, 0.5) is 0 Å². The van der Waals surface area contributed by atoms with Crippen LogP contribution in [0, 0.1) is 11.8 Å². The molecule has 24 heavy (non-hydrogen) atoms. The quantitative estimate of drug-likeness (QED) is 0.874. The summed E-state index contributed by atoms with van der Waals surface area (Å²) in [5.74, 6) is 1.49. The summed E-state index contributed by atoms with van der Waals surface area (Å²) >= 11 is 0. The maximum absolute atomic E-state index is 12.3. The number of hydrogen-bond acceptors (Lipinski definition) is 5. The third kappa shape index (κ3) is 3.48. The standard InChI is InChI=1S/C18H23N3O3/c1-11-6-12(2)9-21(8-11)10-16-19-15-7-13(18(23)24-3)4-5-14(15)17(22)20-16/h4-5,7,11-12H,6,8-10H2,1-3H3,(H,19,20,22). The number of ether oxygens (including phenoxy) is 1. The number of nitrogens with zero attached hydrogens (tertiary/aromatic N) is 2. The first-order chi connectivity index (χ1) is 11.5. The molecule has 1 N–H and O–H groups in total. The molecule has 0 saturated carbocycles. The molecule has 1 fully saturated rings. The third-order valence-electron chi connectivity index (χ3n) is 4.49. The van der Waals surface area contributed by atoms with Crippen LogP contribution in [0.25, 0.3) is 10.9 Å². The number of hydrogen-bond donors (Lipinski definition) is 1. The minimum Gasteiger partial charge on any atom is -0.465 e. The summed E-state index contributed by atoms with van der Waals surface area (Å²) in [7, 11) is 1.34. The number of likely N-dealkylation sites (tertiary alicyclic amines) is 1. The minimum absolute atomic E-state index is 0.176. The number of benzene rings is 1. The van der Waals surface area contributed by atoms with Crippen molar-refractivity contribution in [1.29, 1.82) is 0 Å². The van der Waals surface area contributed by atoms with E-state index in [4.69, 9.17) is 4.74 Å². The number of aromatic amines is 1. The van der Waals surface area contributed by atoms with E-state index in [1.165, 1.54) is 13.5 Å². The van der Waals surface area contributed by atoms with Gasteiger partial charge in [0.25, 0.3) is 5.56 Å². The summed E-state index contributed by atoms with van der Waals surface area (Å²) < 4.78 is 4.73. The van der Waals surface area contributed by atoms with Crippen molar-refractivity contribution in [3.63, 3.8) is 0 Å². The van der Waals surface area contributed by atoms with Gasteiger partial charge >= 0.3 is 5.97 Å². The molecule has 1 aromatic carbocycles. The van der Waals surface area contributed by atoms with Gasteiger partial charge in [0.05, 0.1) is 30.1 Å². The van der Waals surface area contributed by atoms with Crippen LogP contribution < -0.4 is 5.56 Å². The lowest BCUT2D eigenvalue weighted by Gasteiger charge is -2.34. The van der Waals surface area contributed by atoms with E-state index in [9.17, 15) is 9.59 Å². The molecule has 0 amide bonds. The Labute approximate surface area is 140 Å². The van der Waals surface area contributed by atoms with Crippen LogP contribution in [-0.2, 0) is 11.3 Å². The summed E-state index contributed by atoms with van der Waals surface area (Å²) in [4.78, 5) is 33.7. The van der Waals surface area contributed by atoms with Crippen LogP contribution in [-0.4, -0.2) is 41.0 Å². The Morgan fingerprint density at radius 2 is 2.04 bits per heavy atom. The van der Waals surface area contributed by atoms with Crippen molar-refractivity contribution in [2.45, 2.75) is 26.8 Å². The smallest absolute Gasteiger partial charge is 0.337 e. The average Bonchev–Trinajstić information content (AvgIpc) is 2.52. The minimum atomic E-state index is -0.431. The van der Waals surface area contributed by atoms with Crippen LogP contribution in [0.5, 0.6) is 0 Å². The van der Waals surface area contributed by atoms with Gasteiger partial charge in [0, 0.05) is 13.1 Å². The Morgan fingerprint density at radius 1 is 1.33 bits per heavy atom. The zero-order valence-corrected chi connectivity index (χ0v) is 14.3. The molecule has 6 heteroatoms. The fraction of sp³-hybridized carbons (Fsp3) is 0.500. The zero-order valence-electron chi connectivity index (χ0n) is 14.3. The van der Waals surface area contributed by atoms with E-state index in [1.807, 2.05) is 0 Å². The fourth-order valence-corrected chi connectivity index (χ4v) is 3.64. The maximum atomic E-state index is 12.3. The van der Waals surface area contributed by atoms with E-state index in [-0.39, 0.29) is 5.56 Å². The molecule has 0 radical (unpaired) electrons. The molecule has 0 aliphatic carbocycles. The average molecular weight is 329 g/mol. The molecule has 128 valence electrons. The van der Waals surface area contributed by atoms with Crippen LogP contribution in [0.3, 0.4) is 0 Å². The van der Waals surface area contributed by atoms with Gasteiger partial charge in [0.2, 0.25) is 0 Å². The lowest BCUT2D eigenvalue weighted by atomic mass is 9.92. The molecule has 1 aromatic heterocycles. The summed E-state index contributed by atoms with van der Waals surface area (Å²) in [6.45, 7) is 7.13. The Kier molecular flexibility index (Phi) is 4.66. The monoisotopic (exact) mass is 329 g/mol. The molecule has 1 aliphatic rings. The van der Waals surface area contributed by atoms with Gasteiger partial charge in [-0.25, -0.2) is 9.78 Å². The number of rotatable bonds is 3. The predicted octanol–water partition coefficient (Wildman–Crippen LogP) is 2.19. The van der Waals surface area contributed by atoms with E-state index in [1.54, 1.807) is 18.2 Å². The van der Waals surface area contributed by atoms with Crippen molar-refractivity contribution in [2.24, 2.45) is 11.8 Å². The molecular weight excluding hydrogens is 306 g/mol. The molecule has 1 aliphatic heterocycles. The molecule has 0 spiro atoms. The summed E-state index contributed by atoms with van der Waals surface area (Å²) in [5.41, 5.74) is 0.744. The number of aromatic nitrogens is 2. The van der Waals surface area contributed by atoms with Crippen molar-refractivity contribution >= 4 is 16.9 Å². The summed E-state index contributed by atoms with van der Waals surface area (Å²) in [6, 6.07) is 4.81. The van der Waals surface area contributed by atoms with Gasteiger partial charge < -0.3 is 9.72 Å². The Bertz CT molecular complexity index is 805. The lowest BCUT2D eigenvalue weighted by molar-refractivity contribution is 0.0601. The molecule has 1 saturated heterocycles. The van der Waals surface area contributed by atoms with Crippen molar-refractivity contribution in [3.8, 4) is 0 Å². The number of carbonyl (C=O) groups is 1. The van der Waals surface area contributed by atoms with Gasteiger partial charge in [-0.05, 0) is 36.5 Å². The van der Waals surface area contributed by atoms with Crippen molar-refractivity contribution < 1.29 is 9.53 Å². The van der Waals surface area contributed by atoms with Crippen molar-refractivity contribution in [2.75, 3.05) is 20.2 Å². The van der Waals surface area contributed by atoms with Gasteiger partial charge in [-0.1, -0.05) is 13.8 Å². The van der Waals surface area contributed by atoms with E-state index in [0.717, 1.165) is 13.1 Å². The van der Waals surface area contributed by atoms with E-state index >= 15 is 0 Å². The molecule has 3 rings (SSSR count). The highest BCUT2D eigenvalue weighted by Crippen LogP contribution is 2.22. The normalized spacial score (nSPS) is 21.8. The number of methoxy groups -OCH3 is 1. The fourth-order valence-electron chi connectivity index (χ4n) is 3.64. The van der Waals surface area contributed by atoms with Crippen LogP contribution in [0.1, 0.15) is 36.5 Å². The van der Waals surface area contributed by atoms with Gasteiger partial charge in [-0.15, -0.1) is 0 Å². The lowest BCUT2D eigenvalue weighted by Crippen LogP contribution is -2.38. The van der Waals surface area contributed by atoms with Gasteiger partial charge in [-0.2, -0.15) is 0 Å². The number of esters is 1. The van der Waals surface area contributed by atoms with Gasteiger partial charge in [-0.3, -0.25) is 9.69 Å². The second-order valence-electron chi connectivity index (χ2n) is 6.88. The highest BCUT2D eigenvalue weighted by atomic mass is 16.5. The molecule has 0 bridgehead atoms. The van der Waals surface area contributed by atoms with Crippen LogP contribution in [0.15, 0.2) is 23.0 Å². The topological polar surface area (TPSA) is 75.3 Å². The van der Waals surface area contributed by atoms with Gasteiger partial charge in [0.1, 0.15) is 5.82 Å². The predicted molar refractivity (Wildman–Crippen MR) is 91.9 cm³/mol. The van der Waals surface area contributed by atoms with Gasteiger partial charge in [0.15, 0.2) is 0 Å². The van der Waals surface area contributed by atoms with E-state index in [2.05, 4.69) is 28.7 Å². The highest BCUT2D eigenvalue weighted by molar-refractivity contribution is 5.93. The zero-order chi connectivity index (χ0) is 17.3. The molecule has 2 atom stereocenters. The molecule has 2 unspecified atom stereocenters. The van der Waals surface area contributed by atoms with E-state index in [0.29, 0.717) is 40.7 Å². The largest absolute Gasteiger partial charge is 0.465 e. The Morgan fingerprint density at radius 3 is 2.71 bits per heavy atom. The highest BCUT2D eigenvalue weighted by Gasteiger charge is 2.22. The van der Waals surface area contributed by atoms with Crippen LogP contribution in [0.2, 0.25) is 0 Å². The first-order valence-corrected chi connectivity index (χ1v) is 8.30. The number of H-pyrrole nitrogens is 1. The number of fused-ring (bicyclic) bond motifs is 1. The van der Waals surface area contributed by atoms with E-state index < -0.39 is 5.97 Å². The SMILES string of the molecule is COC(=O)c1ccc2c(=O)[nH]c(CN3CC(C)CC(C)C3)nc2c1. The third-order valence-corrected chi connectivity index (χ3v) is 4.49. The molecule has 2 heterocycles. The second-order valence-corrected chi connectivity index (χ2v) is 6.88. The first kappa shape index (κ1) is 16.6. The Hall–Kier alpha value is -2.21. The number of piperidine rings is 1. The number of carbonyl (C=O) groups excluding carboxylic acids is 1. The summed E-state index contributed by atoms with van der Waals surface area (Å²) in [5, 5.41) is 0.479. The molecular formula is C18H23N3O3. The molecule has 2 aromatic rings.